The quantitative estimate of drug-likeness (QED) is 0.720. The summed E-state index contributed by atoms with van der Waals surface area (Å²) < 4.78 is 16.3. The highest BCUT2D eigenvalue weighted by Crippen LogP contribution is 2.37. The highest BCUT2D eigenvalue weighted by atomic mass is 19.1. The molecule has 2 fully saturated rings. The molecule has 1 unspecified atom stereocenters. The van der Waals surface area contributed by atoms with Crippen LogP contribution in [0.25, 0.3) is 11.0 Å². The van der Waals surface area contributed by atoms with E-state index in [1.54, 1.807) is 6.07 Å². The third-order valence-electron chi connectivity index (χ3n) is 5.48. The minimum atomic E-state index is -0.210. The fourth-order valence-corrected chi connectivity index (χ4v) is 4.01. The van der Waals surface area contributed by atoms with Crippen molar-refractivity contribution in [3.8, 4) is 0 Å². The van der Waals surface area contributed by atoms with Crippen LogP contribution in [0.2, 0.25) is 0 Å². The molecule has 0 N–H and O–H groups in total. The molecule has 26 heavy (non-hydrogen) atoms. The number of likely N-dealkylation sites (tertiary alicyclic amines) is 1. The van der Waals surface area contributed by atoms with Gasteiger partial charge in [0, 0.05) is 30.5 Å². The zero-order chi connectivity index (χ0) is 17.7. The summed E-state index contributed by atoms with van der Waals surface area (Å²) >= 11 is 0. The van der Waals surface area contributed by atoms with E-state index in [1.165, 1.54) is 6.07 Å². The number of fused-ring (bicyclic) bond motifs is 1. The molecule has 1 saturated carbocycles. The van der Waals surface area contributed by atoms with Gasteiger partial charge in [-0.1, -0.05) is 30.3 Å². The van der Waals surface area contributed by atoms with Gasteiger partial charge in [-0.05, 0) is 31.0 Å². The molecule has 1 atom stereocenters. The third kappa shape index (κ3) is 2.59. The first-order valence-corrected chi connectivity index (χ1v) is 9.19. The van der Waals surface area contributed by atoms with Crippen molar-refractivity contribution in [2.24, 2.45) is 0 Å². The monoisotopic (exact) mass is 349 g/mol. The number of nitrogens with zero attached hydrogens (tertiary/aromatic N) is 3. The van der Waals surface area contributed by atoms with Gasteiger partial charge in [-0.3, -0.25) is 4.79 Å². The van der Waals surface area contributed by atoms with Crippen LogP contribution < -0.4 is 0 Å². The summed E-state index contributed by atoms with van der Waals surface area (Å²) in [5.41, 5.74) is 2.53. The van der Waals surface area contributed by atoms with Crippen molar-refractivity contribution in [2.45, 2.75) is 37.8 Å². The van der Waals surface area contributed by atoms with Gasteiger partial charge < -0.3 is 9.47 Å². The Morgan fingerprint density at radius 1 is 1.08 bits per heavy atom. The van der Waals surface area contributed by atoms with Gasteiger partial charge in [-0.15, -0.1) is 0 Å². The second-order valence-electron chi connectivity index (χ2n) is 7.31. The Morgan fingerprint density at radius 3 is 2.65 bits per heavy atom. The predicted octanol–water partition coefficient (Wildman–Crippen LogP) is 3.70. The summed E-state index contributed by atoms with van der Waals surface area (Å²) in [4.78, 5) is 19.2. The Hall–Kier alpha value is -2.69. The zero-order valence-corrected chi connectivity index (χ0v) is 14.4. The van der Waals surface area contributed by atoms with Crippen LogP contribution in [0.4, 0.5) is 4.39 Å². The number of para-hydroxylation sites is 2. The number of amides is 1. The number of rotatable bonds is 4. The second-order valence-corrected chi connectivity index (χ2v) is 7.31. The van der Waals surface area contributed by atoms with E-state index < -0.39 is 0 Å². The number of benzene rings is 2. The van der Waals surface area contributed by atoms with Crippen molar-refractivity contribution in [1.29, 1.82) is 0 Å². The number of halogens is 1. The topological polar surface area (TPSA) is 38.1 Å². The number of carbonyl (C=O) groups is 1. The molecule has 1 amide bonds. The molecule has 0 bridgehead atoms. The van der Waals surface area contributed by atoms with Crippen LogP contribution in [0.3, 0.4) is 0 Å². The van der Waals surface area contributed by atoms with E-state index in [9.17, 15) is 9.18 Å². The van der Waals surface area contributed by atoms with Gasteiger partial charge >= 0.3 is 0 Å². The molecule has 2 aliphatic rings. The van der Waals surface area contributed by atoms with Gasteiger partial charge in [-0.2, -0.15) is 0 Å². The molecular formula is C21H20FN3O. The maximum atomic E-state index is 14.2. The van der Waals surface area contributed by atoms with Crippen LogP contribution in [-0.2, 0) is 11.3 Å². The SMILES string of the molecule is O=C1CC(c2nc3ccccc3n2Cc2ccccc2F)CN1C1CC1. The molecule has 5 heteroatoms. The van der Waals surface area contributed by atoms with Gasteiger partial charge in [0.25, 0.3) is 0 Å². The molecule has 5 rings (SSSR count). The number of carbonyl (C=O) groups excluding carboxylic acids is 1. The van der Waals surface area contributed by atoms with E-state index in [0.717, 1.165) is 36.2 Å². The molecule has 4 nitrogen and oxygen atoms in total. The average Bonchev–Trinajstić information content (AvgIpc) is 3.32. The van der Waals surface area contributed by atoms with Gasteiger partial charge in [0.15, 0.2) is 0 Å². The van der Waals surface area contributed by atoms with Crippen LogP contribution in [0.5, 0.6) is 0 Å². The lowest BCUT2D eigenvalue weighted by atomic mass is 10.1. The largest absolute Gasteiger partial charge is 0.339 e. The summed E-state index contributed by atoms with van der Waals surface area (Å²) in [5.74, 6) is 0.980. The summed E-state index contributed by atoms with van der Waals surface area (Å²) in [7, 11) is 0. The van der Waals surface area contributed by atoms with Crippen molar-refractivity contribution >= 4 is 16.9 Å². The lowest BCUT2D eigenvalue weighted by molar-refractivity contribution is -0.128. The standard InChI is InChI=1S/C21H20FN3O/c22-17-6-2-1-5-14(17)12-25-19-8-4-3-7-18(19)23-21(25)15-11-20(26)24(13-15)16-9-10-16/h1-8,15-16H,9-13H2. The van der Waals surface area contributed by atoms with Crippen LogP contribution >= 0.6 is 0 Å². The number of imidazole rings is 1. The molecule has 3 aromatic rings. The molecule has 0 radical (unpaired) electrons. The molecule has 1 aliphatic heterocycles. The van der Waals surface area contributed by atoms with Crippen molar-refractivity contribution in [1.82, 2.24) is 14.5 Å². The van der Waals surface area contributed by atoms with E-state index in [2.05, 4.69) is 4.57 Å². The Bertz CT molecular complexity index is 992. The maximum Gasteiger partial charge on any atom is 0.223 e. The maximum absolute atomic E-state index is 14.2. The third-order valence-corrected chi connectivity index (χ3v) is 5.48. The first kappa shape index (κ1) is 15.6. The van der Waals surface area contributed by atoms with E-state index in [4.69, 9.17) is 4.98 Å². The van der Waals surface area contributed by atoms with Gasteiger partial charge in [0.1, 0.15) is 11.6 Å². The van der Waals surface area contributed by atoms with Crippen LogP contribution in [0.15, 0.2) is 48.5 Å². The minimum absolute atomic E-state index is 0.0715. The highest BCUT2D eigenvalue weighted by molar-refractivity contribution is 5.81. The van der Waals surface area contributed by atoms with Crippen molar-refractivity contribution < 1.29 is 9.18 Å². The predicted molar refractivity (Wildman–Crippen MR) is 97.3 cm³/mol. The fraction of sp³-hybridized carbons (Fsp3) is 0.333. The van der Waals surface area contributed by atoms with E-state index in [0.29, 0.717) is 24.6 Å². The summed E-state index contributed by atoms with van der Waals surface area (Å²) in [6.07, 6.45) is 2.73. The lowest BCUT2D eigenvalue weighted by Crippen LogP contribution is -2.27. The number of aromatic nitrogens is 2. The van der Waals surface area contributed by atoms with Gasteiger partial charge in [0.05, 0.1) is 17.6 Å². The van der Waals surface area contributed by atoms with Crippen LogP contribution in [0, 0.1) is 5.82 Å². The van der Waals surface area contributed by atoms with E-state index in [1.807, 2.05) is 41.3 Å². The molecule has 2 heterocycles. The van der Waals surface area contributed by atoms with E-state index in [-0.39, 0.29) is 17.6 Å². The number of hydrogen-bond acceptors (Lipinski definition) is 2. The highest BCUT2D eigenvalue weighted by Gasteiger charge is 2.41. The summed E-state index contributed by atoms with van der Waals surface area (Å²) in [6.45, 7) is 1.15. The molecule has 132 valence electrons. The van der Waals surface area contributed by atoms with Crippen LogP contribution in [-0.4, -0.2) is 32.9 Å². The first-order valence-electron chi connectivity index (χ1n) is 9.19. The van der Waals surface area contributed by atoms with Gasteiger partial charge in [-0.25, -0.2) is 9.37 Å². The molecule has 1 aliphatic carbocycles. The molecule has 0 spiro atoms. The average molecular weight is 349 g/mol. The Kier molecular flexibility index (Phi) is 3.55. The first-order chi connectivity index (χ1) is 12.7. The summed E-state index contributed by atoms with van der Waals surface area (Å²) in [6, 6.07) is 15.2. The molecule has 2 aromatic carbocycles. The van der Waals surface area contributed by atoms with Crippen molar-refractivity contribution in [3.05, 3.63) is 65.7 Å². The minimum Gasteiger partial charge on any atom is -0.339 e. The normalized spacial score (nSPS) is 20.3. The Balaban J connectivity index is 1.57. The Morgan fingerprint density at radius 2 is 1.85 bits per heavy atom. The molecular weight excluding hydrogens is 329 g/mol. The van der Waals surface area contributed by atoms with Crippen molar-refractivity contribution in [3.63, 3.8) is 0 Å². The summed E-state index contributed by atoms with van der Waals surface area (Å²) in [5, 5.41) is 0. The Labute approximate surface area is 151 Å². The van der Waals surface area contributed by atoms with E-state index >= 15 is 0 Å². The number of hydrogen-bond donors (Lipinski definition) is 0. The molecule has 1 saturated heterocycles. The fourth-order valence-electron chi connectivity index (χ4n) is 4.01. The molecule has 1 aromatic heterocycles. The zero-order valence-electron chi connectivity index (χ0n) is 14.4. The van der Waals surface area contributed by atoms with Crippen molar-refractivity contribution in [2.75, 3.05) is 6.54 Å². The van der Waals surface area contributed by atoms with Gasteiger partial charge in [0.2, 0.25) is 5.91 Å². The van der Waals surface area contributed by atoms with Crippen LogP contribution in [0.1, 0.15) is 36.6 Å². The second kappa shape index (κ2) is 5.94. The smallest absolute Gasteiger partial charge is 0.223 e. The lowest BCUT2D eigenvalue weighted by Gasteiger charge is -2.16.